The number of carbonyl (C=O) groups is 2. The van der Waals surface area contributed by atoms with Gasteiger partial charge in [0.15, 0.2) is 6.73 Å². The second-order valence-electron chi connectivity index (χ2n) is 3.59. The molecule has 1 aromatic rings. The molecule has 1 aromatic carbocycles. The van der Waals surface area contributed by atoms with Crippen LogP contribution in [0.4, 0.5) is 4.79 Å². The fourth-order valence-corrected chi connectivity index (χ4v) is 1.28. The van der Waals surface area contributed by atoms with E-state index in [1.165, 1.54) is 0 Å². The third-order valence-corrected chi connectivity index (χ3v) is 2.13. The van der Waals surface area contributed by atoms with Gasteiger partial charge in [-0.25, -0.2) is 4.79 Å². The zero-order chi connectivity index (χ0) is 13.9. The molecule has 0 unspecified atom stereocenters. The first-order valence-corrected chi connectivity index (χ1v) is 6.07. The smallest absolute Gasteiger partial charge is 0.317 e. The molecule has 0 heterocycles. The molecule has 0 aliphatic rings. The van der Waals surface area contributed by atoms with Crippen LogP contribution in [-0.2, 0) is 9.53 Å². The molecule has 19 heavy (non-hydrogen) atoms. The molecule has 0 fully saturated rings. The zero-order valence-corrected chi connectivity index (χ0v) is 10.8. The van der Waals surface area contributed by atoms with Crippen LogP contribution in [0.15, 0.2) is 30.3 Å². The lowest BCUT2D eigenvalue weighted by Crippen LogP contribution is -2.38. The second-order valence-corrected chi connectivity index (χ2v) is 3.59. The van der Waals surface area contributed by atoms with Crippen LogP contribution in [0.3, 0.4) is 0 Å². The van der Waals surface area contributed by atoms with Gasteiger partial charge >= 0.3 is 12.0 Å². The Balaban J connectivity index is 2.07. The van der Waals surface area contributed by atoms with Crippen molar-refractivity contribution in [2.45, 2.75) is 13.3 Å². The van der Waals surface area contributed by atoms with Gasteiger partial charge in [-0.05, 0) is 19.1 Å². The van der Waals surface area contributed by atoms with Gasteiger partial charge in [-0.3, -0.25) is 4.79 Å². The van der Waals surface area contributed by atoms with Gasteiger partial charge in [-0.2, -0.15) is 0 Å². The van der Waals surface area contributed by atoms with Gasteiger partial charge in [-0.1, -0.05) is 18.2 Å². The van der Waals surface area contributed by atoms with E-state index < -0.39 is 0 Å². The van der Waals surface area contributed by atoms with Crippen LogP contribution >= 0.6 is 0 Å². The molecule has 0 saturated carbocycles. The van der Waals surface area contributed by atoms with Crippen LogP contribution in [0.2, 0.25) is 0 Å². The molecule has 2 amide bonds. The summed E-state index contributed by atoms with van der Waals surface area (Å²) in [4.78, 5) is 22.3. The molecular formula is C13H18N2O4. The van der Waals surface area contributed by atoms with Crippen molar-refractivity contribution in [1.29, 1.82) is 0 Å². The number of amides is 2. The van der Waals surface area contributed by atoms with E-state index in [0.29, 0.717) is 12.4 Å². The topological polar surface area (TPSA) is 76.7 Å². The second kappa shape index (κ2) is 8.79. The monoisotopic (exact) mass is 266 g/mol. The van der Waals surface area contributed by atoms with Crippen molar-refractivity contribution in [3.05, 3.63) is 30.3 Å². The summed E-state index contributed by atoms with van der Waals surface area (Å²) < 4.78 is 10.0. The van der Waals surface area contributed by atoms with Crippen LogP contribution in [0.25, 0.3) is 0 Å². The van der Waals surface area contributed by atoms with E-state index in [1.807, 2.05) is 18.2 Å². The Hall–Kier alpha value is -2.24. The third kappa shape index (κ3) is 6.92. The molecule has 0 aliphatic carbocycles. The van der Waals surface area contributed by atoms with E-state index in [4.69, 9.17) is 9.47 Å². The maximum Gasteiger partial charge on any atom is 0.317 e. The predicted molar refractivity (Wildman–Crippen MR) is 69.7 cm³/mol. The van der Waals surface area contributed by atoms with E-state index in [0.717, 1.165) is 0 Å². The van der Waals surface area contributed by atoms with Gasteiger partial charge in [0.2, 0.25) is 0 Å². The average molecular weight is 266 g/mol. The molecule has 0 radical (unpaired) electrons. The minimum Gasteiger partial charge on any atom is -0.473 e. The SMILES string of the molecule is CCOC(=O)CCNC(=O)NCOc1ccccc1. The van der Waals surface area contributed by atoms with Crippen molar-refractivity contribution in [1.82, 2.24) is 10.6 Å². The highest BCUT2D eigenvalue weighted by Gasteiger charge is 2.03. The third-order valence-electron chi connectivity index (χ3n) is 2.13. The van der Waals surface area contributed by atoms with E-state index in [1.54, 1.807) is 19.1 Å². The number of urea groups is 1. The van der Waals surface area contributed by atoms with Crippen LogP contribution in [-0.4, -0.2) is 31.9 Å². The molecular weight excluding hydrogens is 248 g/mol. The Morgan fingerprint density at radius 2 is 1.89 bits per heavy atom. The molecule has 0 saturated heterocycles. The normalized spacial score (nSPS) is 9.53. The number of benzene rings is 1. The Kier molecular flexibility index (Phi) is 6.86. The zero-order valence-electron chi connectivity index (χ0n) is 10.8. The van der Waals surface area contributed by atoms with E-state index >= 15 is 0 Å². The van der Waals surface area contributed by atoms with Gasteiger partial charge in [0.25, 0.3) is 0 Å². The largest absolute Gasteiger partial charge is 0.473 e. The quantitative estimate of drug-likeness (QED) is 0.575. The molecule has 2 N–H and O–H groups in total. The number of carbonyl (C=O) groups excluding carboxylic acids is 2. The first-order valence-electron chi connectivity index (χ1n) is 6.07. The van der Waals surface area contributed by atoms with Crippen molar-refractivity contribution in [2.24, 2.45) is 0 Å². The number of nitrogens with one attached hydrogen (secondary N) is 2. The van der Waals surface area contributed by atoms with E-state index in [2.05, 4.69) is 10.6 Å². The first-order chi connectivity index (χ1) is 9.22. The van der Waals surface area contributed by atoms with E-state index in [9.17, 15) is 9.59 Å². The van der Waals surface area contributed by atoms with Crippen molar-refractivity contribution in [3.8, 4) is 5.75 Å². The number of ether oxygens (including phenoxy) is 2. The Labute approximate surface area is 112 Å². The maximum absolute atomic E-state index is 11.3. The summed E-state index contributed by atoms with van der Waals surface area (Å²) in [6, 6.07) is 8.76. The minimum atomic E-state index is -0.389. The number of esters is 1. The van der Waals surface area contributed by atoms with Crippen molar-refractivity contribution in [2.75, 3.05) is 19.9 Å². The van der Waals surface area contributed by atoms with Crippen molar-refractivity contribution in [3.63, 3.8) is 0 Å². The van der Waals surface area contributed by atoms with Crippen LogP contribution in [0, 0.1) is 0 Å². The summed E-state index contributed by atoms with van der Waals surface area (Å²) in [7, 11) is 0. The highest BCUT2D eigenvalue weighted by Crippen LogP contribution is 2.06. The highest BCUT2D eigenvalue weighted by molar-refractivity contribution is 5.75. The molecule has 1 rings (SSSR count). The fraction of sp³-hybridized carbons (Fsp3) is 0.385. The Morgan fingerprint density at radius 3 is 2.58 bits per heavy atom. The predicted octanol–water partition coefficient (Wildman–Crippen LogP) is 1.28. The standard InChI is InChI=1S/C13H18N2O4/c1-2-18-12(16)8-9-14-13(17)15-10-19-11-6-4-3-5-7-11/h3-7H,2,8-10H2,1H3,(H2,14,15,17). The molecule has 6 nitrogen and oxygen atoms in total. The molecule has 0 spiro atoms. The summed E-state index contributed by atoms with van der Waals surface area (Å²) in [5.41, 5.74) is 0. The van der Waals surface area contributed by atoms with Crippen LogP contribution in [0.1, 0.15) is 13.3 Å². The molecule has 0 bridgehead atoms. The average Bonchev–Trinajstić information content (AvgIpc) is 2.40. The Morgan fingerprint density at radius 1 is 1.16 bits per heavy atom. The van der Waals surface area contributed by atoms with Gasteiger partial charge in [0, 0.05) is 6.54 Å². The van der Waals surface area contributed by atoms with Gasteiger partial charge in [-0.15, -0.1) is 0 Å². The minimum absolute atomic E-state index is 0.0647. The first kappa shape index (κ1) is 14.8. The number of hydrogen-bond acceptors (Lipinski definition) is 4. The summed E-state index contributed by atoms with van der Waals surface area (Å²) in [6.07, 6.45) is 0.154. The summed E-state index contributed by atoms with van der Waals surface area (Å²) in [5, 5.41) is 5.04. The van der Waals surface area contributed by atoms with Gasteiger partial charge < -0.3 is 20.1 Å². The molecule has 6 heteroatoms. The number of rotatable bonds is 7. The summed E-state index contributed by atoms with van der Waals surface area (Å²) in [5.74, 6) is 0.345. The van der Waals surface area contributed by atoms with Gasteiger partial charge in [0.1, 0.15) is 5.75 Å². The highest BCUT2D eigenvalue weighted by atomic mass is 16.5. The number of hydrogen-bond donors (Lipinski definition) is 2. The molecule has 0 atom stereocenters. The lowest BCUT2D eigenvalue weighted by Gasteiger charge is -2.09. The number of para-hydroxylation sites is 1. The maximum atomic E-state index is 11.3. The summed E-state index contributed by atoms with van der Waals surface area (Å²) in [6.45, 7) is 2.38. The van der Waals surface area contributed by atoms with E-state index in [-0.39, 0.29) is 31.7 Å². The van der Waals surface area contributed by atoms with Crippen molar-refractivity contribution < 1.29 is 19.1 Å². The lowest BCUT2D eigenvalue weighted by atomic mass is 10.3. The molecule has 104 valence electrons. The van der Waals surface area contributed by atoms with Crippen molar-refractivity contribution >= 4 is 12.0 Å². The van der Waals surface area contributed by atoms with Gasteiger partial charge in [0.05, 0.1) is 13.0 Å². The molecule has 0 aromatic heterocycles. The Bertz CT molecular complexity index is 395. The molecule has 0 aliphatic heterocycles. The summed E-state index contributed by atoms with van der Waals surface area (Å²) >= 11 is 0. The van der Waals surface area contributed by atoms with Crippen LogP contribution in [0.5, 0.6) is 5.75 Å². The van der Waals surface area contributed by atoms with Crippen LogP contribution < -0.4 is 15.4 Å². The lowest BCUT2D eigenvalue weighted by molar-refractivity contribution is -0.142. The fourth-order valence-electron chi connectivity index (χ4n) is 1.28.